The lowest BCUT2D eigenvalue weighted by Gasteiger charge is -2.59. The Hall–Kier alpha value is -1.10. The van der Waals surface area contributed by atoms with Crippen LogP contribution in [0, 0.1) is 69.0 Å². The Labute approximate surface area is 151 Å². The van der Waals surface area contributed by atoms with Crippen LogP contribution in [-0.2, 0) is 4.79 Å². The highest BCUT2D eigenvalue weighted by Gasteiger charge is 2.77. The van der Waals surface area contributed by atoms with Crippen LogP contribution in [0.5, 0.6) is 0 Å². The summed E-state index contributed by atoms with van der Waals surface area (Å²) in [6, 6.07) is 2.81. The average Bonchev–Trinajstić information content (AvgIpc) is 3.48. The van der Waals surface area contributed by atoms with Crippen molar-refractivity contribution < 1.29 is 4.79 Å². The van der Waals surface area contributed by atoms with Gasteiger partial charge in [0, 0.05) is 6.42 Å². The first-order valence-corrected chi connectivity index (χ1v) is 10.5. The van der Waals surface area contributed by atoms with Crippen molar-refractivity contribution in [3.05, 3.63) is 11.6 Å². The highest BCUT2D eigenvalue weighted by Crippen LogP contribution is 2.82. The summed E-state index contributed by atoms with van der Waals surface area (Å²) in [6.07, 6.45) is 9.03. The molecular formula is C23H29NO. The second-order valence-electron chi connectivity index (χ2n) is 11.0. The maximum atomic E-state index is 12.1. The van der Waals surface area contributed by atoms with Crippen LogP contribution in [0.15, 0.2) is 11.6 Å². The van der Waals surface area contributed by atoms with Gasteiger partial charge in [-0.25, -0.2) is 0 Å². The number of nitrogens with zero attached hydrogens (tertiary/aromatic N) is 1. The number of nitriles is 1. The minimum Gasteiger partial charge on any atom is -0.295 e. The summed E-state index contributed by atoms with van der Waals surface area (Å²) in [6.45, 7) is 7.25. The molecule has 0 aromatic rings. The molecule has 6 rings (SSSR count). The third kappa shape index (κ3) is 1.46. The first-order valence-electron chi connectivity index (χ1n) is 10.5. The van der Waals surface area contributed by atoms with Crippen molar-refractivity contribution in [2.45, 2.75) is 59.3 Å². The van der Waals surface area contributed by atoms with Crippen molar-refractivity contribution in [3.63, 3.8) is 0 Å². The molecule has 0 aromatic carbocycles. The fourth-order valence-corrected chi connectivity index (χ4v) is 8.94. The fraction of sp³-hybridized carbons (Fsp3) is 0.826. The van der Waals surface area contributed by atoms with Crippen molar-refractivity contribution in [3.8, 4) is 6.07 Å². The first kappa shape index (κ1) is 15.0. The van der Waals surface area contributed by atoms with Gasteiger partial charge in [0.05, 0.1) is 11.5 Å². The lowest BCUT2D eigenvalue weighted by Crippen LogP contribution is -2.54. The number of ketones is 1. The number of fused-ring (bicyclic) bond motifs is 10. The molecule has 0 N–H and O–H groups in total. The molecule has 25 heavy (non-hydrogen) atoms. The Kier molecular flexibility index (Phi) is 2.45. The molecule has 0 aliphatic heterocycles. The van der Waals surface area contributed by atoms with Crippen LogP contribution in [0.2, 0.25) is 0 Å². The van der Waals surface area contributed by atoms with E-state index in [0.717, 1.165) is 42.4 Å². The number of rotatable bonds is 0. The lowest BCUT2D eigenvalue weighted by atomic mass is 9.44. The quantitative estimate of drug-likeness (QED) is 0.640. The summed E-state index contributed by atoms with van der Waals surface area (Å²) >= 11 is 0. The Morgan fingerprint density at radius 1 is 1.12 bits per heavy atom. The van der Waals surface area contributed by atoms with E-state index in [4.69, 9.17) is 0 Å². The Morgan fingerprint density at radius 2 is 1.92 bits per heavy atom. The fourth-order valence-electron chi connectivity index (χ4n) is 8.94. The van der Waals surface area contributed by atoms with E-state index in [1.54, 1.807) is 0 Å². The summed E-state index contributed by atoms with van der Waals surface area (Å²) in [7, 11) is 0. The van der Waals surface area contributed by atoms with Gasteiger partial charge >= 0.3 is 0 Å². The van der Waals surface area contributed by atoms with Gasteiger partial charge in [-0.15, -0.1) is 0 Å². The van der Waals surface area contributed by atoms with E-state index in [0.29, 0.717) is 17.6 Å². The van der Waals surface area contributed by atoms with E-state index < -0.39 is 0 Å². The van der Waals surface area contributed by atoms with Crippen molar-refractivity contribution in [1.29, 1.82) is 5.26 Å². The van der Waals surface area contributed by atoms with Crippen LogP contribution in [0.1, 0.15) is 59.3 Å². The third-order valence-corrected chi connectivity index (χ3v) is 10.5. The molecule has 0 radical (unpaired) electrons. The van der Waals surface area contributed by atoms with E-state index in [2.05, 4.69) is 32.9 Å². The summed E-state index contributed by atoms with van der Waals surface area (Å²) in [5, 5.41) is 10.1. The summed E-state index contributed by atoms with van der Waals surface area (Å²) in [5.74, 6) is 5.74. The van der Waals surface area contributed by atoms with Crippen LogP contribution in [0.3, 0.4) is 0 Å². The van der Waals surface area contributed by atoms with E-state index in [1.165, 1.54) is 31.3 Å². The van der Waals surface area contributed by atoms with Crippen molar-refractivity contribution in [2.75, 3.05) is 0 Å². The molecular weight excluding hydrogens is 306 g/mol. The topological polar surface area (TPSA) is 40.9 Å². The minimum absolute atomic E-state index is 0.1000. The van der Waals surface area contributed by atoms with Gasteiger partial charge in [0.1, 0.15) is 0 Å². The molecule has 0 bridgehead atoms. The molecule has 7 unspecified atom stereocenters. The van der Waals surface area contributed by atoms with Gasteiger partial charge in [-0.3, -0.25) is 4.79 Å². The molecule has 2 heteroatoms. The minimum atomic E-state index is -0.1000. The maximum absolute atomic E-state index is 12.1. The summed E-state index contributed by atoms with van der Waals surface area (Å²) in [4.78, 5) is 12.1. The second-order valence-corrected chi connectivity index (χ2v) is 11.0. The van der Waals surface area contributed by atoms with Gasteiger partial charge < -0.3 is 0 Å². The van der Waals surface area contributed by atoms with E-state index in [-0.39, 0.29) is 16.2 Å². The molecule has 0 amide bonds. The third-order valence-electron chi connectivity index (χ3n) is 10.5. The predicted octanol–water partition coefficient (Wildman–Crippen LogP) is 4.76. The molecule has 0 spiro atoms. The SMILES string of the molecule is C[C@]12CCC(=O)C=C1C1CC1C1C2CC[C@@]2(C)C1C1CC1[C@]2(C)C#N. The van der Waals surface area contributed by atoms with Gasteiger partial charge in [0.2, 0.25) is 0 Å². The highest BCUT2D eigenvalue weighted by atomic mass is 16.1. The second kappa shape index (κ2) is 4.08. The van der Waals surface area contributed by atoms with Gasteiger partial charge in [-0.2, -0.15) is 5.26 Å². The van der Waals surface area contributed by atoms with Crippen LogP contribution in [0.4, 0.5) is 0 Å². The number of hydrogen-bond donors (Lipinski definition) is 0. The van der Waals surface area contributed by atoms with Crippen LogP contribution >= 0.6 is 0 Å². The maximum Gasteiger partial charge on any atom is 0.155 e. The van der Waals surface area contributed by atoms with Crippen molar-refractivity contribution in [1.82, 2.24) is 0 Å². The molecule has 6 aliphatic carbocycles. The Morgan fingerprint density at radius 3 is 2.68 bits per heavy atom. The molecule has 10 atom stereocenters. The Balaban J connectivity index is 1.47. The highest BCUT2D eigenvalue weighted by molar-refractivity contribution is 5.92. The molecule has 2 nitrogen and oxygen atoms in total. The average molecular weight is 335 g/mol. The molecule has 6 aliphatic rings. The monoisotopic (exact) mass is 335 g/mol. The number of carbonyl (C=O) groups excluding carboxylic acids is 1. The number of allylic oxidation sites excluding steroid dienone is 1. The van der Waals surface area contributed by atoms with E-state index in [9.17, 15) is 10.1 Å². The molecule has 0 heterocycles. The molecule has 0 aromatic heterocycles. The predicted molar refractivity (Wildman–Crippen MR) is 95.2 cm³/mol. The molecule has 5 saturated carbocycles. The lowest BCUT2D eigenvalue weighted by molar-refractivity contribution is -0.118. The van der Waals surface area contributed by atoms with Gasteiger partial charge in [0.25, 0.3) is 0 Å². The normalized spacial score (nSPS) is 63.2. The van der Waals surface area contributed by atoms with Gasteiger partial charge in [0.15, 0.2) is 5.78 Å². The van der Waals surface area contributed by atoms with Crippen molar-refractivity contribution >= 4 is 5.78 Å². The van der Waals surface area contributed by atoms with Crippen LogP contribution in [0.25, 0.3) is 0 Å². The molecule has 0 saturated heterocycles. The summed E-state index contributed by atoms with van der Waals surface area (Å²) in [5.41, 5.74) is 1.93. The van der Waals surface area contributed by atoms with Gasteiger partial charge in [-0.1, -0.05) is 19.4 Å². The first-order chi connectivity index (χ1) is 11.8. The molecule has 5 fully saturated rings. The largest absolute Gasteiger partial charge is 0.295 e. The smallest absolute Gasteiger partial charge is 0.155 e. The van der Waals surface area contributed by atoms with E-state index >= 15 is 0 Å². The Bertz CT molecular complexity index is 775. The zero-order valence-corrected chi connectivity index (χ0v) is 15.7. The van der Waals surface area contributed by atoms with Gasteiger partial charge in [-0.05, 0) is 97.4 Å². The number of carbonyl (C=O) groups is 1. The molecule has 132 valence electrons. The van der Waals surface area contributed by atoms with Crippen LogP contribution in [-0.4, -0.2) is 5.78 Å². The number of hydrogen-bond acceptors (Lipinski definition) is 2. The van der Waals surface area contributed by atoms with E-state index in [1.807, 2.05) is 0 Å². The zero-order valence-electron chi connectivity index (χ0n) is 15.7. The standard InChI is InChI=1S/C23H29NO/c1-21-6-4-12(25)8-17(21)13-9-14(13)19-16(21)5-7-22(2)20(19)15-10-18(15)23(22,3)11-24/h8,13-16,18-20H,4-7,9-10H2,1-3H3/t13?,14?,15?,16?,18?,19?,20?,21-,22+,23+/m1/s1. The van der Waals surface area contributed by atoms with Crippen LogP contribution < -0.4 is 0 Å². The zero-order chi connectivity index (χ0) is 17.4. The van der Waals surface area contributed by atoms with Crippen molar-refractivity contribution in [2.24, 2.45) is 57.7 Å². The summed E-state index contributed by atoms with van der Waals surface area (Å²) < 4.78 is 0.